The summed E-state index contributed by atoms with van der Waals surface area (Å²) in [7, 11) is 1.42. The highest BCUT2D eigenvalue weighted by molar-refractivity contribution is 5.69. The van der Waals surface area contributed by atoms with Gasteiger partial charge in [-0.25, -0.2) is 0 Å². The van der Waals surface area contributed by atoms with E-state index in [9.17, 15) is 14.7 Å². The third-order valence-electron chi connectivity index (χ3n) is 11.0. The number of methoxy groups -OCH3 is 1. The summed E-state index contributed by atoms with van der Waals surface area (Å²) >= 11 is 0. The molecule has 308 valence electrons. The van der Waals surface area contributed by atoms with E-state index in [4.69, 9.17) is 4.74 Å². The lowest BCUT2D eigenvalue weighted by Gasteiger charge is -2.28. The van der Waals surface area contributed by atoms with Crippen LogP contribution in [0.15, 0.2) is 12.2 Å². The smallest absolute Gasteiger partial charge is 0.305 e. The van der Waals surface area contributed by atoms with E-state index < -0.39 is 0 Å². The standard InChI is InChI=1S/C46H89NO5/c1-6-8-10-12-15-25-33-44(34-26-16-13-11-9-7-2)41-42(3)31-23-18-19-24-32-43(4)47(38-39-48)37-29-21-14-17-28-36-46(50)52-40-30-22-20-27-35-45(49)51-5/h43-44,48H,3,6-41H2,1-2,4-5H3. The van der Waals surface area contributed by atoms with E-state index in [0.717, 1.165) is 76.8 Å². The van der Waals surface area contributed by atoms with Gasteiger partial charge in [0.25, 0.3) is 0 Å². The maximum Gasteiger partial charge on any atom is 0.305 e. The van der Waals surface area contributed by atoms with Crippen LogP contribution >= 0.6 is 0 Å². The van der Waals surface area contributed by atoms with E-state index in [1.165, 1.54) is 148 Å². The van der Waals surface area contributed by atoms with E-state index in [1.807, 2.05) is 0 Å². The van der Waals surface area contributed by atoms with Crippen molar-refractivity contribution in [2.45, 2.75) is 232 Å². The van der Waals surface area contributed by atoms with Gasteiger partial charge in [-0.15, -0.1) is 0 Å². The number of aliphatic hydroxyl groups excluding tert-OH is 1. The number of nitrogens with zero attached hydrogens (tertiary/aromatic N) is 1. The minimum atomic E-state index is -0.159. The van der Waals surface area contributed by atoms with Crippen LogP contribution in [0.5, 0.6) is 0 Å². The molecule has 0 heterocycles. The molecule has 0 aromatic heterocycles. The van der Waals surface area contributed by atoms with Gasteiger partial charge in [-0.05, 0) is 70.8 Å². The molecule has 0 aliphatic rings. The Hall–Kier alpha value is -1.40. The van der Waals surface area contributed by atoms with Gasteiger partial charge in [0.1, 0.15) is 0 Å². The van der Waals surface area contributed by atoms with Crippen molar-refractivity contribution in [1.29, 1.82) is 0 Å². The molecule has 0 aromatic carbocycles. The summed E-state index contributed by atoms with van der Waals surface area (Å²) in [4.78, 5) is 25.6. The lowest BCUT2D eigenvalue weighted by atomic mass is 9.87. The summed E-state index contributed by atoms with van der Waals surface area (Å²) < 4.78 is 10.0. The summed E-state index contributed by atoms with van der Waals surface area (Å²) in [5.41, 5.74) is 1.50. The van der Waals surface area contributed by atoms with E-state index in [1.54, 1.807) is 0 Å². The molecule has 0 saturated carbocycles. The molecule has 0 fully saturated rings. The average Bonchev–Trinajstić information content (AvgIpc) is 3.14. The SMILES string of the molecule is C=C(CCCCCCC(C)N(CCO)CCCCCCCC(=O)OCCCCCCC(=O)OC)CC(CCCCCCCC)CCCCCCCC. The fourth-order valence-corrected chi connectivity index (χ4v) is 7.52. The van der Waals surface area contributed by atoms with Crippen molar-refractivity contribution in [3.63, 3.8) is 0 Å². The lowest BCUT2D eigenvalue weighted by molar-refractivity contribution is -0.144. The maximum absolute atomic E-state index is 12.0. The Morgan fingerprint density at radius 2 is 1.04 bits per heavy atom. The molecule has 0 aliphatic heterocycles. The van der Waals surface area contributed by atoms with Gasteiger partial charge in [0, 0.05) is 25.4 Å². The summed E-state index contributed by atoms with van der Waals surface area (Å²) in [5, 5.41) is 9.68. The molecule has 52 heavy (non-hydrogen) atoms. The van der Waals surface area contributed by atoms with Gasteiger partial charge in [-0.2, -0.15) is 0 Å². The van der Waals surface area contributed by atoms with Crippen molar-refractivity contribution in [3.05, 3.63) is 12.2 Å². The van der Waals surface area contributed by atoms with Gasteiger partial charge >= 0.3 is 11.9 Å². The first-order valence-electron chi connectivity index (χ1n) is 22.6. The summed E-state index contributed by atoms with van der Waals surface area (Å²) in [6, 6.07) is 0.509. The van der Waals surface area contributed by atoms with Crippen LogP contribution in [0, 0.1) is 5.92 Å². The van der Waals surface area contributed by atoms with E-state index in [-0.39, 0.29) is 18.5 Å². The lowest BCUT2D eigenvalue weighted by Crippen LogP contribution is -2.36. The van der Waals surface area contributed by atoms with Gasteiger partial charge in [0.2, 0.25) is 0 Å². The maximum atomic E-state index is 12.0. The molecular weight excluding hydrogens is 647 g/mol. The first-order valence-corrected chi connectivity index (χ1v) is 22.6. The first kappa shape index (κ1) is 50.6. The van der Waals surface area contributed by atoms with Gasteiger partial charge in [0.05, 0.1) is 20.3 Å². The number of carbonyl (C=O) groups excluding carboxylic acids is 2. The highest BCUT2D eigenvalue weighted by atomic mass is 16.5. The highest BCUT2D eigenvalue weighted by Crippen LogP contribution is 2.27. The molecule has 1 unspecified atom stereocenters. The van der Waals surface area contributed by atoms with Crippen LogP contribution in [-0.4, -0.2) is 61.4 Å². The number of hydrogen-bond donors (Lipinski definition) is 1. The van der Waals surface area contributed by atoms with Crippen LogP contribution in [0.2, 0.25) is 0 Å². The van der Waals surface area contributed by atoms with Crippen molar-refractivity contribution >= 4 is 11.9 Å². The summed E-state index contributed by atoms with van der Waals surface area (Å²) in [6.07, 6.45) is 38.4. The molecular formula is C46H89NO5. The molecule has 0 aliphatic carbocycles. The summed E-state index contributed by atoms with van der Waals surface area (Å²) in [5.74, 6) is 0.604. The number of allylic oxidation sites excluding steroid dienone is 1. The molecule has 0 bridgehead atoms. The Bertz CT molecular complexity index is 786. The van der Waals surface area contributed by atoms with E-state index >= 15 is 0 Å². The number of carbonyl (C=O) groups is 2. The van der Waals surface area contributed by atoms with Crippen LogP contribution in [0.1, 0.15) is 226 Å². The Balaban J connectivity index is 4.07. The number of unbranched alkanes of at least 4 members (excludes halogenated alkanes) is 20. The topological polar surface area (TPSA) is 76.1 Å². The van der Waals surface area contributed by atoms with Crippen LogP contribution in [0.25, 0.3) is 0 Å². The highest BCUT2D eigenvalue weighted by Gasteiger charge is 2.14. The Morgan fingerprint density at radius 3 is 1.60 bits per heavy atom. The molecule has 6 nitrogen and oxygen atoms in total. The molecule has 0 aromatic rings. The third-order valence-corrected chi connectivity index (χ3v) is 11.0. The summed E-state index contributed by atoms with van der Waals surface area (Å²) in [6.45, 7) is 14.0. The van der Waals surface area contributed by atoms with Crippen molar-refractivity contribution in [3.8, 4) is 0 Å². The van der Waals surface area contributed by atoms with Gasteiger partial charge in [0.15, 0.2) is 0 Å². The van der Waals surface area contributed by atoms with Crippen LogP contribution in [0.3, 0.4) is 0 Å². The Kier molecular flexibility index (Phi) is 38.2. The predicted molar refractivity (Wildman–Crippen MR) is 223 cm³/mol. The molecule has 1 N–H and O–H groups in total. The molecule has 0 rings (SSSR count). The van der Waals surface area contributed by atoms with Gasteiger partial charge in [-0.3, -0.25) is 14.5 Å². The Morgan fingerprint density at radius 1 is 0.577 bits per heavy atom. The average molecular weight is 736 g/mol. The fraction of sp³-hybridized carbons (Fsp3) is 0.913. The van der Waals surface area contributed by atoms with E-state index in [2.05, 4.69) is 37.0 Å². The number of rotatable bonds is 41. The van der Waals surface area contributed by atoms with Crippen molar-refractivity contribution < 1.29 is 24.2 Å². The molecule has 0 radical (unpaired) electrons. The minimum Gasteiger partial charge on any atom is -0.469 e. The first-order chi connectivity index (χ1) is 25.4. The quantitative estimate of drug-likeness (QED) is 0.0383. The van der Waals surface area contributed by atoms with E-state index in [0.29, 0.717) is 25.5 Å². The number of hydrogen-bond acceptors (Lipinski definition) is 6. The fourth-order valence-electron chi connectivity index (χ4n) is 7.52. The normalized spacial score (nSPS) is 12.1. The van der Waals surface area contributed by atoms with Gasteiger partial charge in [-0.1, -0.05) is 167 Å². The second-order valence-corrected chi connectivity index (χ2v) is 16.0. The largest absolute Gasteiger partial charge is 0.469 e. The molecule has 0 spiro atoms. The second kappa shape index (κ2) is 39.3. The number of ether oxygens (including phenoxy) is 2. The zero-order chi connectivity index (χ0) is 38.3. The number of aliphatic hydroxyl groups is 1. The predicted octanol–water partition coefficient (Wildman–Crippen LogP) is 13.1. The number of esters is 2. The molecule has 0 amide bonds. The molecule has 0 saturated heterocycles. The molecule has 6 heteroatoms. The second-order valence-electron chi connectivity index (χ2n) is 16.0. The molecule has 1 atom stereocenters. The van der Waals surface area contributed by atoms with Crippen LogP contribution in [-0.2, 0) is 19.1 Å². The van der Waals surface area contributed by atoms with Crippen molar-refractivity contribution in [2.24, 2.45) is 5.92 Å². The van der Waals surface area contributed by atoms with Gasteiger partial charge < -0.3 is 14.6 Å². The van der Waals surface area contributed by atoms with Crippen molar-refractivity contribution in [2.75, 3.05) is 33.4 Å². The van der Waals surface area contributed by atoms with Crippen LogP contribution < -0.4 is 0 Å². The monoisotopic (exact) mass is 736 g/mol. The van der Waals surface area contributed by atoms with Crippen molar-refractivity contribution in [1.82, 2.24) is 4.90 Å². The van der Waals surface area contributed by atoms with Crippen LogP contribution in [0.4, 0.5) is 0 Å². The minimum absolute atomic E-state index is 0.0892. The third kappa shape index (κ3) is 34.4. The zero-order valence-corrected chi connectivity index (χ0v) is 35.3. The zero-order valence-electron chi connectivity index (χ0n) is 35.3. The Labute approximate surface area is 324 Å².